The summed E-state index contributed by atoms with van der Waals surface area (Å²) in [6.07, 6.45) is 3.88. The van der Waals surface area contributed by atoms with Crippen molar-refractivity contribution < 1.29 is 14.3 Å². The van der Waals surface area contributed by atoms with Crippen LogP contribution in [-0.4, -0.2) is 27.1 Å². The number of aromatic nitrogens is 2. The van der Waals surface area contributed by atoms with Gasteiger partial charge in [0.05, 0.1) is 12.4 Å². The van der Waals surface area contributed by atoms with Crippen LogP contribution in [0.1, 0.15) is 23.8 Å². The minimum Gasteiger partial charge on any atom is -0.386 e. The van der Waals surface area contributed by atoms with Gasteiger partial charge in [-0.05, 0) is 12.5 Å². The monoisotopic (exact) mass is 303 g/mol. The van der Waals surface area contributed by atoms with Crippen LogP contribution < -0.4 is 5.32 Å². The molecule has 5 nitrogen and oxygen atoms in total. The molecule has 0 bridgehead atoms. The Labute approximate surface area is 127 Å². The number of nitrogens with zero attached hydrogens (tertiary/aromatic N) is 2. The molecule has 0 spiro atoms. The van der Waals surface area contributed by atoms with E-state index in [1.54, 1.807) is 24.7 Å². The number of halogens is 1. The van der Waals surface area contributed by atoms with Crippen molar-refractivity contribution in [3.8, 4) is 0 Å². The fourth-order valence-electron chi connectivity index (χ4n) is 2.79. The van der Waals surface area contributed by atoms with Crippen LogP contribution in [-0.2, 0) is 17.8 Å². The molecule has 1 aromatic heterocycles. The Balaban J connectivity index is 1.56. The van der Waals surface area contributed by atoms with Gasteiger partial charge in [-0.15, -0.1) is 0 Å². The highest BCUT2D eigenvalue weighted by Crippen LogP contribution is 2.20. The van der Waals surface area contributed by atoms with E-state index in [-0.39, 0.29) is 23.9 Å². The fraction of sp³-hybridized carbons (Fsp3) is 0.375. The zero-order chi connectivity index (χ0) is 15.5. The van der Waals surface area contributed by atoms with Crippen molar-refractivity contribution in [2.24, 2.45) is 5.92 Å². The van der Waals surface area contributed by atoms with Crippen LogP contribution in [0.4, 0.5) is 4.39 Å². The van der Waals surface area contributed by atoms with E-state index >= 15 is 0 Å². The number of hydrogen-bond acceptors (Lipinski definition) is 3. The number of benzene rings is 1. The molecule has 116 valence electrons. The maximum Gasteiger partial charge on any atom is 0.223 e. The Hall–Kier alpha value is -2.21. The molecular formula is C16H18FN3O2. The molecule has 1 aliphatic rings. The first-order chi connectivity index (χ1) is 10.6. The molecule has 0 radical (unpaired) electrons. The van der Waals surface area contributed by atoms with Crippen molar-refractivity contribution in [3.05, 3.63) is 53.9 Å². The molecule has 1 aliphatic heterocycles. The van der Waals surface area contributed by atoms with Crippen LogP contribution in [0.3, 0.4) is 0 Å². The lowest BCUT2D eigenvalue weighted by atomic mass is 9.95. The average molecular weight is 303 g/mol. The highest BCUT2D eigenvalue weighted by Gasteiger charge is 2.25. The summed E-state index contributed by atoms with van der Waals surface area (Å²) in [5.41, 5.74) is 1.24. The average Bonchev–Trinajstić information content (AvgIpc) is 3.00. The van der Waals surface area contributed by atoms with Crippen molar-refractivity contribution in [3.63, 3.8) is 0 Å². The van der Waals surface area contributed by atoms with Gasteiger partial charge in [0.25, 0.3) is 0 Å². The minimum atomic E-state index is -1.04. The number of aryl methyl sites for hydroxylation is 1. The van der Waals surface area contributed by atoms with Gasteiger partial charge in [0, 0.05) is 42.9 Å². The van der Waals surface area contributed by atoms with E-state index in [0.29, 0.717) is 6.42 Å². The number of carbonyl (C=O) groups is 1. The highest BCUT2D eigenvalue weighted by molar-refractivity contribution is 5.79. The number of aliphatic hydroxyl groups excluding tert-OH is 1. The van der Waals surface area contributed by atoms with Crippen LogP contribution in [0.15, 0.2) is 36.8 Å². The molecule has 6 heteroatoms. The van der Waals surface area contributed by atoms with Crippen LogP contribution in [0.5, 0.6) is 0 Å². The molecule has 2 aromatic rings. The Kier molecular flexibility index (Phi) is 4.20. The van der Waals surface area contributed by atoms with Gasteiger partial charge in [0.15, 0.2) is 0 Å². The van der Waals surface area contributed by atoms with E-state index in [9.17, 15) is 14.3 Å². The lowest BCUT2D eigenvalue weighted by molar-refractivity contribution is -0.126. The summed E-state index contributed by atoms with van der Waals surface area (Å²) < 4.78 is 15.6. The number of carbonyl (C=O) groups excluding carboxylic acids is 1. The third-order valence-electron chi connectivity index (χ3n) is 4.08. The lowest BCUT2D eigenvalue weighted by Gasteiger charge is -2.23. The number of hydrogen-bond donors (Lipinski definition) is 2. The van der Waals surface area contributed by atoms with Gasteiger partial charge in [-0.2, -0.15) is 0 Å². The molecule has 0 saturated heterocycles. The molecule has 0 saturated carbocycles. The molecule has 3 rings (SSSR count). The number of nitrogens with one attached hydrogen (secondary N) is 1. The maximum absolute atomic E-state index is 13.6. The minimum absolute atomic E-state index is 0.00945. The summed E-state index contributed by atoms with van der Waals surface area (Å²) in [6, 6.07) is 6.04. The number of rotatable bonds is 4. The van der Waals surface area contributed by atoms with E-state index in [4.69, 9.17) is 0 Å². The second-order valence-corrected chi connectivity index (χ2v) is 5.55. The number of amides is 1. The Morgan fingerprint density at radius 3 is 3.14 bits per heavy atom. The second kappa shape index (κ2) is 6.27. The molecule has 22 heavy (non-hydrogen) atoms. The zero-order valence-corrected chi connectivity index (χ0v) is 12.1. The summed E-state index contributed by atoms with van der Waals surface area (Å²) >= 11 is 0. The van der Waals surface area contributed by atoms with Crippen molar-refractivity contribution in [1.82, 2.24) is 14.9 Å². The van der Waals surface area contributed by atoms with Gasteiger partial charge in [0.2, 0.25) is 5.91 Å². The predicted molar refractivity (Wildman–Crippen MR) is 78.4 cm³/mol. The van der Waals surface area contributed by atoms with E-state index in [1.165, 1.54) is 12.1 Å². The first kappa shape index (κ1) is 14.7. The topological polar surface area (TPSA) is 67.2 Å². The zero-order valence-electron chi connectivity index (χ0n) is 12.1. The molecule has 2 unspecified atom stereocenters. The van der Waals surface area contributed by atoms with Gasteiger partial charge in [-0.25, -0.2) is 9.37 Å². The number of imidazole rings is 1. The van der Waals surface area contributed by atoms with Gasteiger partial charge in [-0.1, -0.05) is 18.2 Å². The van der Waals surface area contributed by atoms with Gasteiger partial charge >= 0.3 is 0 Å². The van der Waals surface area contributed by atoms with Crippen molar-refractivity contribution in [2.45, 2.75) is 25.5 Å². The molecule has 2 N–H and O–H groups in total. The van der Waals surface area contributed by atoms with E-state index in [0.717, 1.165) is 18.7 Å². The van der Waals surface area contributed by atoms with Crippen LogP contribution in [0, 0.1) is 11.7 Å². The molecule has 1 amide bonds. The van der Waals surface area contributed by atoms with Crippen molar-refractivity contribution in [1.29, 1.82) is 0 Å². The van der Waals surface area contributed by atoms with E-state index in [1.807, 2.05) is 4.57 Å². The van der Waals surface area contributed by atoms with E-state index < -0.39 is 11.9 Å². The smallest absolute Gasteiger partial charge is 0.223 e. The largest absolute Gasteiger partial charge is 0.386 e. The SMILES string of the molecule is O=C(NCC(O)c1ccccc1F)C1CCn2cncc2C1. The highest BCUT2D eigenvalue weighted by atomic mass is 19.1. The predicted octanol–water partition coefficient (Wildman–Crippen LogP) is 1.43. The molecule has 0 fully saturated rings. The Morgan fingerprint density at radius 2 is 2.32 bits per heavy atom. The van der Waals surface area contributed by atoms with Crippen molar-refractivity contribution in [2.75, 3.05) is 6.54 Å². The summed E-state index contributed by atoms with van der Waals surface area (Å²) in [7, 11) is 0. The summed E-state index contributed by atoms with van der Waals surface area (Å²) in [5.74, 6) is -0.703. The Morgan fingerprint density at radius 1 is 1.50 bits per heavy atom. The third-order valence-corrected chi connectivity index (χ3v) is 4.08. The molecule has 2 heterocycles. The normalized spacial score (nSPS) is 18.5. The van der Waals surface area contributed by atoms with Crippen LogP contribution in [0.2, 0.25) is 0 Å². The first-order valence-corrected chi connectivity index (χ1v) is 7.34. The number of aliphatic hydroxyl groups is 1. The fourth-order valence-corrected chi connectivity index (χ4v) is 2.79. The summed E-state index contributed by atoms with van der Waals surface area (Å²) in [5, 5.41) is 12.7. The van der Waals surface area contributed by atoms with Crippen LogP contribution >= 0.6 is 0 Å². The molecule has 0 aliphatic carbocycles. The van der Waals surface area contributed by atoms with Crippen LogP contribution in [0.25, 0.3) is 0 Å². The molecule has 2 atom stereocenters. The lowest BCUT2D eigenvalue weighted by Crippen LogP contribution is -2.37. The quantitative estimate of drug-likeness (QED) is 0.898. The Bertz CT molecular complexity index is 671. The summed E-state index contributed by atoms with van der Waals surface area (Å²) in [6.45, 7) is 0.777. The maximum atomic E-state index is 13.6. The second-order valence-electron chi connectivity index (χ2n) is 5.55. The summed E-state index contributed by atoms with van der Waals surface area (Å²) in [4.78, 5) is 16.3. The molecule has 1 aromatic carbocycles. The molecular weight excluding hydrogens is 285 g/mol. The first-order valence-electron chi connectivity index (χ1n) is 7.34. The number of fused-ring (bicyclic) bond motifs is 1. The standard InChI is InChI=1S/C16H18FN3O2/c17-14-4-2-1-3-13(14)15(21)9-19-16(22)11-5-6-20-10-18-8-12(20)7-11/h1-4,8,10-11,15,21H,5-7,9H2,(H,19,22). The van der Waals surface area contributed by atoms with E-state index in [2.05, 4.69) is 10.3 Å². The van der Waals surface area contributed by atoms with Gasteiger partial charge < -0.3 is 15.0 Å². The van der Waals surface area contributed by atoms with Gasteiger partial charge in [0.1, 0.15) is 5.82 Å². The van der Waals surface area contributed by atoms with Gasteiger partial charge in [-0.3, -0.25) is 4.79 Å². The third kappa shape index (κ3) is 3.01. The van der Waals surface area contributed by atoms with Crippen molar-refractivity contribution >= 4 is 5.91 Å².